The summed E-state index contributed by atoms with van der Waals surface area (Å²) in [6.07, 6.45) is 2.00. The lowest BCUT2D eigenvalue weighted by Gasteiger charge is -2.25. The third-order valence-electron chi connectivity index (χ3n) is 2.25. The molecule has 0 aromatic carbocycles. The second kappa shape index (κ2) is 3.03. The Morgan fingerprint density at radius 2 is 1.82 bits per heavy atom. The number of likely N-dealkylation sites (tertiary alicyclic amines) is 1. The lowest BCUT2D eigenvalue weighted by atomic mass is 9.94. The SMILES string of the molecule is CCC1CC(=O)N(C)C(=O)C1. The van der Waals surface area contributed by atoms with E-state index in [2.05, 4.69) is 0 Å². The first-order valence-corrected chi connectivity index (χ1v) is 3.94. The lowest BCUT2D eigenvalue weighted by Crippen LogP contribution is -2.40. The van der Waals surface area contributed by atoms with Gasteiger partial charge in [0.2, 0.25) is 11.8 Å². The van der Waals surface area contributed by atoms with E-state index >= 15 is 0 Å². The number of nitrogens with zero attached hydrogens (tertiary/aromatic N) is 1. The molecule has 0 saturated carbocycles. The van der Waals surface area contributed by atoms with E-state index < -0.39 is 0 Å². The van der Waals surface area contributed by atoms with Gasteiger partial charge in [-0.2, -0.15) is 0 Å². The molecule has 0 aromatic heterocycles. The van der Waals surface area contributed by atoms with Crippen molar-refractivity contribution in [2.75, 3.05) is 7.05 Å². The summed E-state index contributed by atoms with van der Waals surface area (Å²) in [5, 5.41) is 0. The van der Waals surface area contributed by atoms with Gasteiger partial charge in [-0.25, -0.2) is 0 Å². The van der Waals surface area contributed by atoms with Crippen LogP contribution in [0, 0.1) is 5.92 Å². The molecule has 2 amide bonds. The second-order valence-corrected chi connectivity index (χ2v) is 3.03. The van der Waals surface area contributed by atoms with Crippen molar-refractivity contribution >= 4 is 11.8 Å². The molecule has 1 fully saturated rings. The van der Waals surface area contributed by atoms with Crippen molar-refractivity contribution in [1.29, 1.82) is 0 Å². The van der Waals surface area contributed by atoms with E-state index in [1.54, 1.807) is 7.05 Å². The normalized spacial score (nSPS) is 21.1. The highest BCUT2D eigenvalue weighted by Gasteiger charge is 2.28. The van der Waals surface area contributed by atoms with E-state index in [1.807, 2.05) is 6.92 Å². The van der Waals surface area contributed by atoms with Gasteiger partial charge >= 0.3 is 0 Å². The minimum Gasteiger partial charge on any atom is -0.286 e. The Labute approximate surface area is 66.4 Å². The maximum Gasteiger partial charge on any atom is 0.229 e. The summed E-state index contributed by atoms with van der Waals surface area (Å²) in [7, 11) is 1.55. The minimum atomic E-state index is -0.0342. The van der Waals surface area contributed by atoms with Gasteiger partial charge in [-0.1, -0.05) is 13.3 Å². The van der Waals surface area contributed by atoms with Gasteiger partial charge in [0, 0.05) is 19.9 Å². The quantitative estimate of drug-likeness (QED) is 0.525. The number of hydrogen-bond donors (Lipinski definition) is 0. The third kappa shape index (κ3) is 1.59. The van der Waals surface area contributed by atoms with Crippen LogP contribution in [0.2, 0.25) is 0 Å². The summed E-state index contributed by atoms with van der Waals surface area (Å²) in [6, 6.07) is 0. The van der Waals surface area contributed by atoms with Crippen molar-refractivity contribution in [2.45, 2.75) is 26.2 Å². The zero-order valence-corrected chi connectivity index (χ0v) is 6.96. The Morgan fingerprint density at radius 3 is 2.18 bits per heavy atom. The first-order valence-electron chi connectivity index (χ1n) is 3.94. The highest BCUT2D eigenvalue weighted by atomic mass is 16.2. The van der Waals surface area contributed by atoms with Crippen LogP contribution >= 0.6 is 0 Å². The van der Waals surface area contributed by atoms with E-state index in [-0.39, 0.29) is 17.7 Å². The highest BCUT2D eigenvalue weighted by molar-refractivity contribution is 5.97. The number of piperidine rings is 1. The molecule has 1 heterocycles. The Bertz CT molecular complexity index is 171. The molecule has 0 atom stereocenters. The second-order valence-electron chi connectivity index (χ2n) is 3.03. The largest absolute Gasteiger partial charge is 0.286 e. The molecule has 0 bridgehead atoms. The molecule has 1 aliphatic rings. The van der Waals surface area contributed by atoms with E-state index in [0.29, 0.717) is 12.8 Å². The molecule has 0 radical (unpaired) electrons. The average molecular weight is 155 g/mol. The fourth-order valence-electron chi connectivity index (χ4n) is 1.27. The van der Waals surface area contributed by atoms with Gasteiger partial charge in [-0.15, -0.1) is 0 Å². The van der Waals surface area contributed by atoms with Crippen LogP contribution in [-0.2, 0) is 9.59 Å². The van der Waals surface area contributed by atoms with Gasteiger partial charge in [0.15, 0.2) is 0 Å². The molecule has 0 aromatic rings. The van der Waals surface area contributed by atoms with E-state index in [1.165, 1.54) is 4.90 Å². The number of carbonyl (C=O) groups is 2. The smallest absolute Gasteiger partial charge is 0.229 e. The van der Waals surface area contributed by atoms with Crippen molar-refractivity contribution in [1.82, 2.24) is 4.90 Å². The summed E-state index contributed by atoms with van der Waals surface area (Å²) in [4.78, 5) is 23.4. The summed E-state index contributed by atoms with van der Waals surface area (Å²) >= 11 is 0. The van der Waals surface area contributed by atoms with Gasteiger partial charge in [-0.05, 0) is 5.92 Å². The van der Waals surface area contributed by atoms with Gasteiger partial charge in [0.25, 0.3) is 0 Å². The first-order chi connectivity index (χ1) is 5.15. The highest BCUT2D eigenvalue weighted by Crippen LogP contribution is 2.20. The molecule has 0 N–H and O–H groups in total. The maximum atomic E-state index is 11.1. The Balaban J connectivity index is 2.62. The molecule has 1 saturated heterocycles. The van der Waals surface area contributed by atoms with Crippen molar-refractivity contribution in [3.63, 3.8) is 0 Å². The van der Waals surface area contributed by atoms with Crippen molar-refractivity contribution in [2.24, 2.45) is 5.92 Å². The van der Waals surface area contributed by atoms with Crippen LogP contribution in [0.1, 0.15) is 26.2 Å². The summed E-state index contributed by atoms with van der Waals surface area (Å²) in [5.41, 5.74) is 0. The van der Waals surface area contributed by atoms with Crippen LogP contribution in [-0.4, -0.2) is 23.8 Å². The van der Waals surface area contributed by atoms with Gasteiger partial charge < -0.3 is 0 Å². The molecular weight excluding hydrogens is 142 g/mol. The number of hydrogen-bond acceptors (Lipinski definition) is 2. The van der Waals surface area contributed by atoms with Gasteiger partial charge in [0.05, 0.1) is 0 Å². The zero-order chi connectivity index (χ0) is 8.43. The van der Waals surface area contributed by atoms with E-state index in [4.69, 9.17) is 0 Å². The third-order valence-corrected chi connectivity index (χ3v) is 2.25. The van der Waals surface area contributed by atoms with E-state index in [9.17, 15) is 9.59 Å². The van der Waals surface area contributed by atoms with Gasteiger partial charge in [0.1, 0.15) is 0 Å². The summed E-state index contributed by atoms with van der Waals surface area (Å²) < 4.78 is 0. The van der Waals surface area contributed by atoms with Crippen LogP contribution in [0.25, 0.3) is 0 Å². The van der Waals surface area contributed by atoms with Crippen molar-refractivity contribution < 1.29 is 9.59 Å². The molecule has 1 rings (SSSR count). The Hall–Kier alpha value is -0.860. The zero-order valence-electron chi connectivity index (χ0n) is 6.96. The summed E-state index contributed by atoms with van der Waals surface area (Å²) in [6.45, 7) is 2.01. The summed E-state index contributed by atoms with van der Waals surface area (Å²) in [5.74, 6) is 0.215. The molecule has 0 unspecified atom stereocenters. The average Bonchev–Trinajstić information content (AvgIpc) is 1.99. The maximum absolute atomic E-state index is 11.1. The first kappa shape index (κ1) is 8.24. The topological polar surface area (TPSA) is 37.4 Å². The lowest BCUT2D eigenvalue weighted by molar-refractivity contribution is -0.148. The van der Waals surface area contributed by atoms with Crippen molar-refractivity contribution in [3.8, 4) is 0 Å². The number of rotatable bonds is 1. The number of imide groups is 1. The Morgan fingerprint density at radius 1 is 1.36 bits per heavy atom. The van der Waals surface area contributed by atoms with Crippen LogP contribution < -0.4 is 0 Å². The predicted octanol–water partition coefficient (Wildman–Crippen LogP) is 0.791. The van der Waals surface area contributed by atoms with Crippen LogP contribution in [0.15, 0.2) is 0 Å². The molecule has 0 spiro atoms. The van der Waals surface area contributed by atoms with Crippen molar-refractivity contribution in [3.05, 3.63) is 0 Å². The predicted molar refractivity (Wildman–Crippen MR) is 40.8 cm³/mol. The Kier molecular flexibility index (Phi) is 2.27. The fraction of sp³-hybridized carbons (Fsp3) is 0.750. The molecule has 3 heteroatoms. The van der Waals surface area contributed by atoms with Gasteiger partial charge in [-0.3, -0.25) is 14.5 Å². The monoisotopic (exact) mass is 155 g/mol. The molecule has 62 valence electrons. The number of carbonyl (C=O) groups excluding carboxylic acids is 2. The fourth-order valence-corrected chi connectivity index (χ4v) is 1.27. The molecule has 3 nitrogen and oxygen atoms in total. The van der Waals surface area contributed by atoms with Crippen LogP contribution in [0.3, 0.4) is 0 Å². The van der Waals surface area contributed by atoms with E-state index in [0.717, 1.165) is 6.42 Å². The molecular formula is C8H13NO2. The standard InChI is InChI=1S/C8H13NO2/c1-3-6-4-7(10)9(2)8(11)5-6/h6H,3-5H2,1-2H3. The van der Waals surface area contributed by atoms with Crippen LogP contribution in [0.4, 0.5) is 0 Å². The molecule has 0 aliphatic carbocycles. The molecule has 1 aliphatic heterocycles. The van der Waals surface area contributed by atoms with Crippen LogP contribution in [0.5, 0.6) is 0 Å². The molecule has 11 heavy (non-hydrogen) atoms. The minimum absolute atomic E-state index is 0.0342. The number of amides is 2.